The monoisotopic (exact) mass is 221 g/mol. The minimum absolute atomic E-state index is 0.577. The first kappa shape index (κ1) is 10.1. The van der Waals surface area contributed by atoms with E-state index in [1.165, 1.54) is 0 Å². The molecular formula is C11H12ClN3. The molecule has 0 aliphatic carbocycles. The summed E-state index contributed by atoms with van der Waals surface area (Å²) in [6, 6.07) is 5.56. The van der Waals surface area contributed by atoms with Gasteiger partial charge in [0.2, 0.25) is 0 Å². The van der Waals surface area contributed by atoms with Crippen LogP contribution in [0, 0.1) is 13.8 Å². The number of hydrogen-bond acceptors (Lipinski definition) is 2. The normalized spacial score (nSPS) is 10.6. The summed E-state index contributed by atoms with van der Waals surface area (Å²) in [6.45, 7) is 3.92. The van der Waals surface area contributed by atoms with Crippen molar-refractivity contribution in [1.29, 1.82) is 0 Å². The smallest absolute Gasteiger partial charge is 0.110 e. The first-order chi connectivity index (χ1) is 7.08. The van der Waals surface area contributed by atoms with Crippen molar-refractivity contribution in [3.05, 3.63) is 40.9 Å². The van der Waals surface area contributed by atoms with Crippen LogP contribution in [0.3, 0.4) is 0 Å². The standard InChI is InChI=1S/C11H12ClN3/c1-7-6-15(8(2)14-7)9-3-4-10(12)11(13)5-9/h3-6H,13H2,1-2H3. The number of anilines is 1. The molecule has 0 aliphatic heterocycles. The van der Waals surface area contributed by atoms with Gasteiger partial charge in [0.25, 0.3) is 0 Å². The van der Waals surface area contributed by atoms with Crippen LogP contribution in [0.5, 0.6) is 0 Å². The molecule has 0 aliphatic rings. The van der Waals surface area contributed by atoms with Crippen LogP contribution in [-0.2, 0) is 0 Å². The number of nitrogens with two attached hydrogens (primary N) is 1. The van der Waals surface area contributed by atoms with Crippen molar-refractivity contribution in [3.63, 3.8) is 0 Å². The van der Waals surface area contributed by atoms with Gasteiger partial charge >= 0.3 is 0 Å². The van der Waals surface area contributed by atoms with Gasteiger partial charge in [0.05, 0.1) is 16.4 Å². The number of aromatic nitrogens is 2. The summed E-state index contributed by atoms with van der Waals surface area (Å²) in [6.07, 6.45) is 1.97. The van der Waals surface area contributed by atoms with Crippen molar-refractivity contribution in [3.8, 4) is 5.69 Å². The highest BCUT2D eigenvalue weighted by Gasteiger charge is 2.04. The van der Waals surface area contributed by atoms with Gasteiger partial charge in [0.1, 0.15) is 5.82 Å². The lowest BCUT2D eigenvalue weighted by molar-refractivity contribution is 0.975. The molecule has 1 aromatic heterocycles. The number of rotatable bonds is 1. The van der Waals surface area contributed by atoms with Crippen molar-refractivity contribution in [1.82, 2.24) is 9.55 Å². The molecule has 2 N–H and O–H groups in total. The quantitative estimate of drug-likeness (QED) is 0.753. The zero-order chi connectivity index (χ0) is 11.0. The maximum atomic E-state index is 5.86. The second-order valence-corrected chi connectivity index (χ2v) is 3.91. The fourth-order valence-electron chi connectivity index (χ4n) is 1.56. The third-order valence-corrected chi connectivity index (χ3v) is 2.60. The fraction of sp³-hybridized carbons (Fsp3) is 0.182. The summed E-state index contributed by atoms with van der Waals surface area (Å²) >= 11 is 5.86. The van der Waals surface area contributed by atoms with E-state index in [4.69, 9.17) is 17.3 Å². The fourth-order valence-corrected chi connectivity index (χ4v) is 1.68. The number of nitrogens with zero attached hydrogens (tertiary/aromatic N) is 2. The highest BCUT2D eigenvalue weighted by Crippen LogP contribution is 2.22. The molecule has 0 bridgehead atoms. The molecule has 0 atom stereocenters. The van der Waals surface area contributed by atoms with Crippen molar-refractivity contribution < 1.29 is 0 Å². The van der Waals surface area contributed by atoms with Gasteiger partial charge in [0.15, 0.2) is 0 Å². The maximum Gasteiger partial charge on any atom is 0.110 e. The topological polar surface area (TPSA) is 43.8 Å². The number of halogens is 1. The lowest BCUT2D eigenvalue weighted by Gasteiger charge is -2.06. The molecule has 0 saturated heterocycles. The van der Waals surface area contributed by atoms with E-state index in [0.29, 0.717) is 10.7 Å². The molecule has 0 saturated carbocycles. The summed E-state index contributed by atoms with van der Waals surface area (Å²) in [7, 11) is 0. The van der Waals surface area contributed by atoms with Crippen LogP contribution >= 0.6 is 11.6 Å². The summed E-state index contributed by atoms with van der Waals surface area (Å²) < 4.78 is 1.99. The van der Waals surface area contributed by atoms with Crippen LogP contribution in [0.25, 0.3) is 5.69 Å². The molecule has 0 fully saturated rings. The molecule has 1 heterocycles. The van der Waals surface area contributed by atoms with Gasteiger partial charge in [-0.3, -0.25) is 0 Å². The Morgan fingerprint density at radius 2 is 2.07 bits per heavy atom. The van der Waals surface area contributed by atoms with Gasteiger partial charge in [-0.2, -0.15) is 0 Å². The average Bonchev–Trinajstić information content (AvgIpc) is 2.50. The van der Waals surface area contributed by atoms with E-state index >= 15 is 0 Å². The summed E-state index contributed by atoms with van der Waals surface area (Å²) in [5.41, 5.74) is 8.30. The number of hydrogen-bond donors (Lipinski definition) is 1. The van der Waals surface area contributed by atoms with Gasteiger partial charge < -0.3 is 10.3 Å². The number of nitrogen functional groups attached to an aromatic ring is 1. The van der Waals surface area contributed by atoms with Crippen LogP contribution < -0.4 is 5.73 Å². The second kappa shape index (κ2) is 3.59. The summed E-state index contributed by atoms with van der Waals surface area (Å²) in [4.78, 5) is 4.33. The summed E-state index contributed by atoms with van der Waals surface area (Å²) in [5, 5.41) is 0.577. The van der Waals surface area contributed by atoms with E-state index in [2.05, 4.69) is 4.98 Å². The predicted octanol–water partition coefficient (Wildman–Crippen LogP) is 2.72. The average molecular weight is 222 g/mol. The van der Waals surface area contributed by atoms with Crippen molar-refractivity contribution in [2.24, 2.45) is 0 Å². The number of aryl methyl sites for hydroxylation is 2. The van der Waals surface area contributed by atoms with Crippen LogP contribution in [0.1, 0.15) is 11.5 Å². The first-order valence-electron chi connectivity index (χ1n) is 4.66. The largest absolute Gasteiger partial charge is 0.397 e. The molecule has 78 valence electrons. The van der Waals surface area contributed by atoms with E-state index in [1.54, 1.807) is 6.07 Å². The molecule has 0 spiro atoms. The van der Waals surface area contributed by atoms with E-state index in [9.17, 15) is 0 Å². The number of imidazole rings is 1. The Morgan fingerprint density at radius 3 is 2.60 bits per heavy atom. The molecule has 0 unspecified atom stereocenters. The zero-order valence-corrected chi connectivity index (χ0v) is 9.42. The molecule has 0 radical (unpaired) electrons. The number of benzene rings is 1. The minimum atomic E-state index is 0.577. The van der Waals surface area contributed by atoms with Crippen molar-refractivity contribution >= 4 is 17.3 Å². The Kier molecular flexibility index (Phi) is 2.40. The van der Waals surface area contributed by atoms with Crippen molar-refractivity contribution in [2.45, 2.75) is 13.8 Å². The SMILES string of the molecule is Cc1cn(-c2ccc(Cl)c(N)c2)c(C)n1. The second-order valence-electron chi connectivity index (χ2n) is 3.51. The lowest BCUT2D eigenvalue weighted by Crippen LogP contribution is -1.97. The Hall–Kier alpha value is -1.48. The Labute approximate surface area is 93.5 Å². The van der Waals surface area contributed by atoms with Crippen LogP contribution in [-0.4, -0.2) is 9.55 Å². The first-order valence-corrected chi connectivity index (χ1v) is 5.03. The Balaban J connectivity index is 2.54. The Morgan fingerprint density at radius 1 is 1.33 bits per heavy atom. The van der Waals surface area contributed by atoms with Crippen LogP contribution in [0.4, 0.5) is 5.69 Å². The molecule has 1 aromatic carbocycles. The van der Waals surface area contributed by atoms with Gasteiger partial charge in [-0.05, 0) is 32.0 Å². The van der Waals surface area contributed by atoms with Gasteiger partial charge in [-0.15, -0.1) is 0 Å². The van der Waals surface area contributed by atoms with Crippen molar-refractivity contribution in [2.75, 3.05) is 5.73 Å². The third-order valence-electron chi connectivity index (χ3n) is 2.26. The van der Waals surface area contributed by atoms with E-state index < -0.39 is 0 Å². The van der Waals surface area contributed by atoms with Gasteiger partial charge in [0, 0.05) is 11.9 Å². The molecule has 2 aromatic rings. The zero-order valence-electron chi connectivity index (χ0n) is 8.66. The molecule has 0 amide bonds. The van der Waals surface area contributed by atoms with E-state index in [0.717, 1.165) is 17.2 Å². The molecule has 3 nitrogen and oxygen atoms in total. The lowest BCUT2D eigenvalue weighted by atomic mass is 10.3. The molecule has 15 heavy (non-hydrogen) atoms. The van der Waals surface area contributed by atoms with Crippen LogP contribution in [0.2, 0.25) is 5.02 Å². The highest BCUT2D eigenvalue weighted by molar-refractivity contribution is 6.33. The third kappa shape index (κ3) is 1.83. The van der Waals surface area contributed by atoms with E-state index in [1.807, 2.05) is 36.7 Å². The van der Waals surface area contributed by atoms with Crippen LogP contribution in [0.15, 0.2) is 24.4 Å². The van der Waals surface area contributed by atoms with Gasteiger partial charge in [-0.1, -0.05) is 11.6 Å². The highest BCUT2D eigenvalue weighted by atomic mass is 35.5. The van der Waals surface area contributed by atoms with Gasteiger partial charge in [-0.25, -0.2) is 4.98 Å². The van der Waals surface area contributed by atoms with E-state index in [-0.39, 0.29) is 0 Å². The molecule has 2 rings (SSSR count). The Bertz CT molecular complexity index is 503. The summed E-state index contributed by atoms with van der Waals surface area (Å²) in [5.74, 6) is 0.939. The molecule has 4 heteroatoms. The predicted molar refractivity (Wildman–Crippen MR) is 62.5 cm³/mol. The minimum Gasteiger partial charge on any atom is -0.397 e. The molecular weight excluding hydrogens is 210 g/mol. The maximum absolute atomic E-state index is 5.86.